The maximum atomic E-state index is 12.7. The first kappa shape index (κ1) is 10.4. The Hall–Kier alpha value is -2.07. The quantitative estimate of drug-likeness (QED) is 0.663. The maximum absolute atomic E-state index is 12.7. The van der Waals surface area contributed by atoms with Crippen molar-refractivity contribution in [3.05, 3.63) is 59.9 Å². The summed E-state index contributed by atoms with van der Waals surface area (Å²) in [5.74, 6) is 2.39. The number of benzene rings is 2. The number of halogens is 1. The molecule has 0 aliphatic carbocycles. The van der Waals surface area contributed by atoms with Crippen molar-refractivity contribution in [3.8, 4) is 23.5 Å². The Bertz CT molecular complexity index is 501. The maximum Gasteiger partial charge on any atom is 0.123 e. The van der Waals surface area contributed by atoms with Gasteiger partial charge in [0.1, 0.15) is 5.82 Å². The molecule has 0 heterocycles. The van der Waals surface area contributed by atoms with Crippen molar-refractivity contribution in [2.24, 2.45) is 0 Å². The van der Waals surface area contributed by atoms with Crippen molar-refractivity contribution < 1.29 is 4.39 Å². The smallest absolute Gasteiger partial charge is 0.123 e. The van der Waals surface area contributed by atoms with Crippen LogP contribution in [0.25, 0.3) is 11.1 Å². The molecule has 0 aliphatic heterocycles. The number of hydrogen-bond donors (Lipinski definition) is 0. The predicted molar refractivity (Wildman–Crippen MR) is 64.4 cm³/mol. The molecule has 2 aromatic rings. The van der Waals surface area contributed by atoms with E-state index in [4.69, 9.17) is 6.42 Å². The summed E-state index contributed by atoms with van der Waals surface area (Å²) in [5, 5.41) is 0. The SMILES string of the molecule is C#CCc1ccc(-c2ccc(F)cc2)cc1. The molecule has 0 amide bonds. The zero-order valence-electron chi connectivity index (χ0n) is 8.78. The van der Waals surface area contributed by atoms with Crippen LogP contribution >= 0.6 is 0 Å². The summed E-state index contributed by atoms with van der Waals surface area (Å²) >= 11 is 0. The van der Waals surface area contributed by atoms with E-state index in [0.717, 1.165) is 16.7 Å². The van der Waals surface area contributed by atoms with E-state index in [-0.39, 0.29) is 5.82 Å². The Morgan fingerprint density at radius 2 is 1.38 bits per heavy atom. The molecule has 0 N–H and O–H groups in total. The van der Waals surface area contributed by atoms with Crippen LogP contribution in [-0.4, -0.2) is 0 Å². The van der Waals surface area contributed by atoms with E-state index in [2.05, 4.69) is 5.92 Å². The van der Waals surface area contributed by atoms with Crippen LogP contribution in [0.3, 0.4) is 0 Å². The van der Waals surface area contributed by atoms with Gasteiger partial charge < -0.3 is 0 Å². The molecule has 0 spiro atoms. The van der Waals surface area contributed by atoms with E-state index in [1.807, 2.05) is 24.3 Å². The number of hydrogen-bond acceptors (Lipinski definition) is 0. The summed E-state index contributed by atoms with van der Waals surface area (Å²) in [5.41, 5.74) is 3.20. The average molecular weight is 210 g/mol. The first-order chi connectivity index (χ1) is 7.79. The predicted octanol–water partition coefficient (Wildman–Crippen LogP) is 3.67. The molecule has 0 aliphatic rings. The molecule has 1 heteroatoms. The molecule has 0 nitrogen and oxygen atoms in total. The minimum absolute atomic E-state index is 0.215. The van der Waals surface area contributed by atoms with Crippen molar-refractivity contribution >= 4 is 0 Å². The van der Waals surface area contributed by atoms with Gasteiger partial charge in [0.2, 0.25) is 0 Å². The molecule has 0 fully saturated rings. The highest BCUT2D eigenvalue weighted by Gasteiger charge is 1.98. The lowest BCUT2D eigenvalue weighted by molar-refractivity contribution is 0.628. The van der Waals surface area contributed by atoms with Gasteiger partial charge >= 0.3 is 0 Å². The Morgan fingerprint density at radius 3 is 1.88 bits per heavy atom. The molecule has 0 atom stereocenters. The molecule has 0 radical (unpaired) electrons. The van der Waals surface area contributed by atoms with Gasteiger partial charge in [0.15, 0.2) is 0 Å². The van der Waals surface area contributed by atoms with Crippen LogP contribution in [0.5, 0.6) is 0 Å². The third-order valence-electron chi connectivity index (χ3n) is 2.44. The van der Waals surface area contributed by atoms with Gasteiger partial charge in [-0.25, -0.2) is 4.39 Å². The highest BCUT2D eigenvalue weighted by atomic mass is 19.1. The molecule has 0 unspecified atom stereocenters. The zero-order valence-corrected chi connectivity index (χ0v) is 8.78. The van der Waals surface area contributed by atoms with Crippen LogP contribution in [0.15, 0.2) is 48.5 Å². The van der Waals surface area contributed by atoms with E-state index in [1.54, 1.807) is 12.1 Å². The van der Waals surface area contributed by atoms with Gasteiger partial charge in [-0.05, 0) is 28.8 Å². The fourth-order valence-electron chi connectivity index (χ4n) is 1.58. The topological polar surface area (TPSA) is 0 Å². The Balaban J connectivity index is 2.28. The molecule has 2 rings (SSSR count). The van der Waals surface area contributed by atoms with Gasteiger partial charge in [-0.2, -0.15) is 0 Å². The van der Waals surface area contributed by atoms with Crippen LogP contribution in [0.1, 0.15) is 5.56 Å². The van der Waals surface area contributed by atoms with Crippen molar-refractivity contribution in [1.29, 1.82) is 0 Å². The summed E-state index contributed by atoms with van der Waals surface area (Å²) in [6.07, 6.45) is 5.88. The van der Waals surface area contributed by atoms with E-state index in [9.17, 15) is 4.39 Å². The van der Waals surface area contributed by atoms with E-state index < -0.39 is 0 Å². The molecule has 2 aromatic carbocycles. The van der Waals surface area contributed by atoms with Crippen LogP contribution in [0.2, 0.25) is 0 Å². The normalized spacial score (nSPS) is 9.75. The van der Waals surface area contributed by atoms with Crippen molar-refractivity contribution in [2.45, 2.75) is 6.42 Å². The summed E-state index contributed by atoms with van der Waals surface area (Å²) in [7, 11) is 0. The third kappa shape index (κ3) is 2.29. The molecular formula is C15H11F. The van der Waals surface area contributed by atoms with Crippen molar-refractivity contribution in [1.82, 2.24) is 0 Å². The third-order valence-corrected chi connectivity index (χ3v) is 2.44. The van der Waals surface area contributed by atoms with Gasteiger partial charge in [-0.15, -0.1) is 12.3 Å². The first-order valence-electron chi connectivity index (χ1n) is 5.08. The minimum Gasteiger partial charge on any atom is -0.207 e. The Labute approximate surface area is 94.7 Å². The molecule has 0 saturated heterocycles. The summed E-state index contributed by atoms with van der Waals surface area (Å²) in [6.45, 7) is 0. The molecule has 0 saturated carbocycles. The van der Waals surface area contributed by atoms with Gasteiger partial charge in [0, 0.05) is 6.42 Å². The van der Waals surface area contributed by atoms with Crippen LogP contribution in [0, 0.1) is 18.2 Å². The van der Waals surface area contributed by atoms with Crippen LogP contribution < -0.4 is 0 Å². The van der Waals surface area contributed by atoms with Gasteiger partial charge in [-0.1, -0.05) is 36.4 Å². The second-order valence-corrected chi connectivity index (χ2v) is 3.58. The van der Waals surface area contributed by atoms with Crippen LogP contribution in [0.4, 0.5) is 4.39 Å². The first-order valence-corrected chi connectivity index (χ1v) is 5.08. The summed E-state index contributed by atoms with van der Waals surface area (Å²) in [4.78, 5) is 0. The summed E-state index contributed by atoms with van der Waals surface area (Å²) < 4.78 is 12.7. The van der Waals surface area contributed by atoms with E-state index in [0.29, 0.717) is 6.42 Å². The molecule has 0 aromatic heterocycles. The largest absolute Gasteiger partial charge is 0.207 e. The van der Waals surface area contributed by atoms with Gasteiger partial charge in [-0.3, -0.25) is 0 Å². The van der Waals surface area contributed by atoms with E-state index >= 15 is 0 Å². The van der Waals surface area contributed by atoms with Gasteiger partial charge in [0.25, 0.3) is 0 Å². The van der Waals surface area contributed by atoms with Gasteiger partial charge in [0.05, 0.1) is 0 Å². The highest BCUT2D eigenvalue weighted by Crippen LogP contribution is 2.20. The lowest BCUT2D eigenvalue weighted by Gasteiger charge is -2.02. The average Bonchev–Trinajstić information content (AvgIpc) is 2.32. The molecule has 78 valence electrons. The van der Waals surface area contributed by atoms with Crippen molar-refractivity contribution in [3.63, 3.8) is 0 Å². The fraction of sp³-hybridized carbons (Fsp3) is 0.0667. The lowest BCUT2D eigenvalue weighted by Crippen LogP contribution is -1.82. The monoisotopic (exact) mass is 210 g/mol. The molecule has 16 heavy (non-hydrogen) atoms. The highest BCUT2D eigenvalue weighted by molar-refractivity contribution is 5.63. The second kappa shape index (κ2) is 4.63. The zero-order chi connectivity index (χ0) is 11.4. The fourth-order valence-corrected chi connectivity index (χ4v) is 1.58. The second-order valence-electron chi connectivity index (χ2n) is 3.58. The minimum atomic E-state index is -0.215. The molecular weight excluding hydrogens is 199 g/mol. The van der Waals surface area contributed by atoms with E-state index in [1.165, 1.54) is 12.1 Å². The number of rotatable bonds is 2. The number of terminal acetylenes is 1. The van der Waals surface area contributed by atoms with Crippen LogP contribution in [-0.2, 0) is 6.42 Å². The standard InChI is InChI=1S/C15H11F/c1-2-3-12-4-6-13(7-5-12)14-8-10-15(16)11-9-14/h1,4-11H,3H2. The summed E-state index contributed by atoms with van der Waals surface area (Å²) in [6, 6.07) is 14.5. The molecule has 0 bridgehead atoms. The van der Waals surface area contributed by atoms with Crippen molar-refractivity contribution in [2.75, 3.05) is 0 Å². The Morgan fingerprint density at radius 1 is 0.875 bits per heavy atom. The lowest BCUT2D eigenvalue weighted by atomic mass is 10.0. The Kier molecular flexibility index (Phi) is 3.03.